The quantitative estimate of drug-likeness (QED) is 0.381. The van der Waals surface area contributed by atoms with Gasteiger partial charge in [-0.2, -0.15) is 0 Å². The summed E-state index contributed by atoms with van der Waals surface area (Å²) < 4.78 is 11.8. The zero-order valence-corrected chi connectivity index (χ0v) is 20.5. The van der Waals surface area contributed by atoms with Crippen molar-refractivity contribution in [3.05, 3.63) is 54.1 Å². The van der Waals surface area contributed by atoms with Crippen LogP contribution in [0.2, 0.25) is 0 Å². The third-order valence-corrected chi connectivity index (χ3v) is 6.17. The van der Waals surface area contributed by atoms with Gasteiger partial charge in [-0.15, -0.1) is 12.4 Å². The summed E-state index contributed by atoms with van der Waals surface area (Å²) in [5, 5.41) is 0.667. The molecule has 3 aromatic rings. The fraction of sp³-hybridized carbons (Fsp3) is 0.333. The van der Waals surface area contributed by atoms with Crippen molar-refractivity contribution < 1.29 is 14.3 Å². The molecule has 0 aliphatic rings. The molecule has 1 amide bonds. The van der Waals surface area contributed by atoms with Gasteiger partial charge in [-0.25, -0.2) is 4.98 Å². The first kappa shape index (κ1) is 25.6. The van der Waals surface area contributed by atoms with Crippen molar-refractivity contribution >= 4 is 51.1 Å². The van der Waals surface area contributed by atoms with E-state index in [4.69, 9.17) is 14.5 Å². The Hall–Kier alpha value is -2.61. The molecule has 0 saturated heterocycles. The predicted octanol–water partition coefficient (Wildman–Crippen LogP) is 5.12. The van der Waals surface area contributed by atoms with Gasteiger partial charge in [0.15, 0.2) is 16.6 Å². The average Bonchev–Trinajstić information content (AvgIpc) is 3.22. The Morgan fingerprint density at radius 3 is 2.31 bits per heavy atom. The molecule has 0 saturated carbocycles. The first-order valence-corrected chi connectivity index (χ1v) is 11.2. The number of methoxy groups -OCH3 is 2. The van der Waals surface area contributed by atoms with E-state index in [9.17, 15) is 4.79 Å². The number of anilines is 1. The molecule has 0 N–H and O–H groups in total. The number of carbonyl (C=O) groups excluding carboxylic acids is 1. The number of rotatable bonds is 10. The summed E-state index contributed by atoms with van der Waals surface area (Å²) in [5.74, 6) is 1.18. The van der Waals surface area contributed by atoms with E-state index in [0.29, 0.717) is 23.2 Å². The van der Waals surface area contributed by atoms with Gasteiger partial charge in [0.2, 0.25) is 0 Å². The summed E-state index contributed by atoms with van der Waals surface area (Å²) in [6.45, 7) is 7.47. The van der Waals surface area contributed by atoms with Crippen LogP contribution in [0.25, 0.3) is 16.3 Å². The monoisotopic (exact) mass is 475 g/mol. The largest absolute Gasteiger partial charge is 0.493 e. The van der Waals surface area contributed by atoms with Gasteiger partial charge in [-0.05, 0) is 24.7 Å². The standard InChI is InChI=1S/C24H29N3O3S.ClH/c1-5-26(6-2)14-15-27(23(28)13-12-18-10-8-7-9-11-18)24-25-19-16-20(29-3)21(30-4)17-22(19)31-24;/h7-13,16-17H,5-6,14-15H2,1-4H3;1H. The molecule has 0 aliphatic carbocycles. The molecule has 0 radical (unpaired) electrons. The predicted molar refractivity (Wildman–Crippen MR) is 136 cm³/mol. The maximum atomic E-state index is 13.2. The van der Waals surface area contributed by atoms with E-state index < -0.39 is 0 Å². The molecule has 0 atom stereocenters. The van der Waals surface area contributed by atoms with Crippen molar-refractivity contribution in [1.29, 1.82) is 0 Å². The summed E-state index contributed by atoms with van der Waals surface area (Å²) in [4.78, 5) is 21.9. The Bertz CT molecular complexity index is 995. The summed E-state index contributed by atoms with van der Waals surface area (Å²) in [7, 11) is 3.21. The molecule has 8 heteroatoms. The van der Waals surface area contributed by atoms with Gasteiger partial charge in [0.1, 0.15) is 0 Å². The first-order valence-electron chi connectivity index (χ1n) is 10.4. The Morgan fingerprint density at radius 1 is 1.03 bits per heavy atom. The number of hydrogen-bond acceptors (Lipinski definition) is 6. The van der Waals surface area contributed by atoms with Crippen LogP contribution < -0.4 is 14.4 Å². The average molecular weight is 476 g/mol. The number of likely N-dealkylation sites (N-methyl/N-ethyl adjacent to an activating group) is 1. The molecule has 32 heavy (non-hydrogen) atoms. The van der Waals surface area contributed by atoms with Crippen molar-refractivity contribution in [2.24, 2.45) is 0 Å². The number of hydrogen-bond donors (Lipinski definition) is 0. The highest BCUT2D eigenvalue weighted by Crippen LogP contribution is 2.37. The highest BCUT2D eigenvalue weighted by atomic mass is 35.5. The molecule has 2 aromatic carbocycles. The highest BCUT2D eigenvalue weighted by molar-refractivity contribution is 7.22. The second-order valence-corrected chi connectivity index (χ2v) is 7.94. The molecule has 0 bridgehead atoms. The number of ether oxygens (including phenoxy) is 2. The molecular formula is C24H30ClN3O3S. The minimum absolute atomic E-state index is 0. The minimum Gasteiger partial charge on any atom is -0.493 e. The second-order valence-electron chi connectivity index (χ2n) is 6.93. The van der Waals surface area contributed by atoms with Gasteiger partial charge in [-0.3, -0.25) is 9.69 Å². The van der Waals surface area contributed by atoms with Crippen LogP contribution in [0.1, 0.15) is 19.4 Å². The normalized spacial score (nSPS) is 11.0. The smallest absolute Gasteiger partial charge is 0.252 e. The third-order valence-electron chi connectivity index (χ3n) is 5.13. The van der Waals surface area contributed by atoms with Gasteiger partial charge in [0, 0.05) is 31.3 Å². The lowest BCUT2D eigenvalue weighted by Gasteiger charge is -2.23. The fourth-order valence-electron chi connectivity index (χ4n) is 3.26. The van der Waals surface area contributed by atoms with Crippen LogP contribution >= 0.6 is 23.7 Å². The number of thiazole rings is 1. The van der Waals surface area contributed by atoms with Crippen LogP contribution in [0, 0.1) is 0 Å². The van der Waals surface area contributed by atoms with Gasteiger partial charge in [0.25, 0.3) is 5.91 Å². The maximum Gasteiger partial charge on any atom is 0.252 e. The van der Waals surface area contributed by atoms with Gasteiger partial charge >= 0.3 is 0 Å². The van der Waals surface area contributed by atoms with Crippen LogP contribution in [0.5, 0.6) is 11.5 Å². The molecule has 6 nitrogen and oxygen atoms in total. The summed E-state index contributed by atoms with van der Waals surface area (Å²) in [5.41, 5.74) is 1.77. The molecule has 0 unspecified atom stereocenters. The number of fused-ring (bicyclic) bond motifs is 1. The van der Waals surface area contributed by atoms with Crippen molar-refractivity contribution in [1.82, 2.24) is 9.88 Å². The van der Waals surface area contributed by atoms with Crippen molar-refractivity contribution in [2.45, 2.75) is 13.8 Å². The number of nitrogens with zero attached hydrogens (tertiary/aromatic N) is 3. The van der Waals surface area contributed by atoms with Crippen molar-refractivity contribution in [2.75, 3.05) is 45.3 Å². The lowest BCUT2D eigenvalue weighted by Crippen LogP contribution is -2.38. The Kier molecular flexibility index (Phi) is 9.97. The van der Waals surface area contributed by atoms with Crippen LogP contribution in [-0.4, -0.2) is 56.2 Å². The molecule has 0 spiro atoms. The van der Waals surface area contributed by atoms with Gasteiger partial charge in [-0.1, -0.05) is 55.5 Å². The number of benzene rings is 2. The van der Waals surface area contributed by atoms with E-state index in [1.807, 2.05) is 48.5 Å². The fourth-order valence-corrected chi connectivity index (χ4v) is 4.27. The lowest BCUT2D eigenvalue weighted by molar-refractivity contribution is -0.114. The van der Waals surface area contributed by atoms with Gasteiger partial charge in [0.05, 0.1) is 24.4 Å². The number of aromatic nitrogens is 1. The van der Waals surface area contributed by atoms with E-state index in [-0.39, 0.29) is 18.3 Å². The molecule has 0 fully saturated rings. The molecule has 172 valence electrons. The topological polar surface area (TPSA) is 54.9 Å². The Morgan fingerprint density at radius 2 is 1.69 bits per heavy atom. The lowest BCUT2D eigenvalue weighted by atomic mass is 10.2. The molecule has 1 aromatic heterocycles. The van der Waals surface area contributed by atoms with Gasteiger partial charge < -0.3 is 14.4 Å². The third kappa shape index (κ3) is 6.22. The summed E-state index contributed by atoms with van der Waals surface area (Å²) in [6.07, 6.45) is 3.46. The minimum atomic E-state index is -0.0889. The molecule has 1 heterocycles. The second kappa shape index (κ2) is 12.4. The highest BCUT2D eigenvalue weighted by Gasteiger charge is 2.20. The van der Waals surface area contributed by atoms with Crippen LogP contribution in [0.3, 0.4) is 0 Å². The number of amides is 1. The first-order chi connectivity index (χ1) is 15.1. The SMILES string of the molecule is CCN(CC)CCN(C(=O)C=Cc1ccccc1)c1nc2cc(OC)c(OC)cc2s1.Cl. The summed E-state index contributed by atoms with van der Waals surface area (Å²) in [6, 6.07) is 13.6. The zero-order valence-electron chi connectivity index (χ0n) is 18.9. The molecular weight excluding hydrogens is 446 g/mol. The van der Waals surface area contributed by atoms with E-state index in [0.717, 1.165) is 35.4 Å². The number of carbonyl (C=O) groups is 1. The van der Waals surface area contributed by atoms with E-state index in [2.05, 4.69) is 18.7 Å². The van der Waals surface area contributed by atoms with Crippen LogP contribution in [-0.2, 0) is 4.79 Å². The zero-order chi connectivity index (χ0) is 22.2. The van der Waals surface area contributed by atoms with Crippen LogP contribution in [0.4, 0.5) is 5.13 Å². The van der Waals surface area contributed by atoms with E-state index in [1.165, 1.54) is 11.3 Å². The maximum absolute atomic E-state index is 13.2. The van der Waals surface area contributed by atoms with Crippen molar-refractivity contribution in [3.8, 4) is 11.5 Å². The molecule has 0 aliphatic heterocycles. The molecule has 3 rings (SSSR count). The Balaban J connectivity index is 0.00000363. The summed E-state index contributed by atoms with van der Waals surface area (Å²) >= 11 is 1.48. The Labute approximate surface area is 199 Å². The van der Waals surface area contributed by atoms with E-state index >= 15 is 0 Å². The van der Waals surface area contributed by atoms with Crippen molar-refractivity contribution in [3.63, 3.8) is 0 Å². The van der Waals surface area contributed by atoms with E-state index in [1.54, 1.807) is 25.2 Å². The number of halogens is 1. The van der Waals surface area contributed by atoms with Crippen LogP contribution in [0.15, 0.2) is 48.5 Å².